The molecule has 0 radical (unpaired) electrons. The fourth-order valence-electron chi connectivity index (χ4n) is 1.40. The monoisotopic (exact) mass is 295 g/mol. The van der Waals surface area contributed by atoms with E-state index in [0.717, 1.165) is 36.7 Å². The summed E-state index contributed by atoms with van der Waals surface area (Å²) >= 11 is 3.38. The summed E-state index contributed by atoms with van der Waals surface area (Å²) in [5.41, 5.74) is 1.04. The van der Waals surface area contributed by atoms with Gasteiger partial charge in [0.05, 0.1) is 0 Å². The van der Waals surface area contributed by atoms with Crippen LogP contribution < -0.4 is 5.32 Å². The van der Waals surface area contributed by atoms with Crippen molar-refractivity contribution in [3.8, 4) is 0 Å². The molecule has 92 valence electrons. The van der Waals surface area contributed by atoms with Crippen LogP contribution in [-0.2, 0) is 4.79 Å². The Morgan fingerprint density at radius 2 is 1.94 bits per heavy atom. The first-order valence-corrected chi connectivity index (χ1v) is 7.02. The molecule has 0 saturated heterocycles. The minimum atomic E-state index is -0.0207. The number of carbonyl (C=O) groups is 1. The van der Waals surface area contributed by atoms with E-state index in [1.54, 1.807) is 6.08 Å². The molecule has 3 heteroatoms. The van der Waals surface area contributed by atoms with E-state index in [1.165, 1.54) is 0 Å². The van der Waals surface area contributed by atoms with Gasteiger partial charge < -0.3 is 5.32 Å². The van der Waals surface area contributed by atoms with Crippen LogP contribution in [0.3, 0.4) is 0 Å². The topological polar surface area (TPSA) is 29.1 Å². The number of halogens is 1. The third kappa shape index (κ3) is 6.95. The maximum Gasteiger partial charge on any atom is 0.243 e. The molecule has 17 heavy (non-hydrogen) atoms. The summed E-state index contributed by atoms with van der Waals surface area (Å²) in [4.78, 5) is 11.4. The number of amides is 1. The summed E-state index contributed by atoms with van der Waals surface area (Å²) in [5, 5.41) is 3.91. The number of hydrogen-bond donors (Lipinski definition) is 1. The Balaban J connectivity index is 2.19. The fourth-order valence-corrected chi connectivity index (χ4v) is 1.80. The number of benzene rings is 1. The van der Waals surface area contributed by atoms with Gasteiger partial charge in [0.15, 0.2) is 0 Å². The number of carbonyl (C=O) groups excluding carboxylic acids is 1. The Morgan fingerprint density at radius 1 is 1.18 bits per heavy atom. The minimum absolute atomic E-state index is 0.0207. The highest BCUT2D eigenvalue weighted by Crippen LogP contribution is 2.00. The molecule has 0 aliphatic carbocycles. The molecule has 1 amide bonds. The molecule has 0 heterocycles. The molecule has 1 rings (SSSR count). The zero-order valence-electron chi connectivity index (χ0n) is 9.86. The van der Waals surface area contributed by atoms with Gasteiger partial charge in [-0.15, -0.1) is 0 Å². The Bertz CT molecular complexity index is 348. The first-order chi connectivity index (χ1) is 8.33. The van der Waals surface area contributed by atoms with Crippen LogP contribution in [0.25, 0.3) is 6.08 Å². The van der Waals surface area contributed by atoms with Crippen LogP contribution in [0.15, 0.2) is 36.4 Å². The van der Waals surface area contributed by atoms with Gasteiger partial charge in [-0.3, -0.25) is 4.79 Å². The predicted octanol–water partition coefficient (Wildman–Crippen LogP) is 3.38. The summed E-state index contributed by atoms with van der Waals surface area (Å²) in [5.74, 6) is -0.0207. The maximum atomic E-state index is 11.4. The van der Waals surface area contributed by atoms with E-state index in [0.29, 0.717) is 0 Å². The molecule has 0 bridgehead atoms. The van der Waals surface area contributed by atoms with Crippen molar-refractivity contribution in [1.29, 1.82) is 0 Å². The predicted molar refractivity (Wildman–Crippen MR) is 76.1 cm³/mol. The zero-order valence-corrected chi connectivity index (χ0v) is 11.4. The second-order valence-corrected chi connectivity index (χ2v) is 4.58. The SMILES string of the molecule is O=C(/C=C/c1ccccc1)NCCCCCBr. The average molecular weight is 296 g/mol. The lowest BCUT2D eigenvalue weighted by Gasteiger charge is -2.00. The molecule has 0 unspecified atom stereocenters. The summed E-state index contributed by atoms with van der Waals surface area (Å²) in [6.45, 7) is 0.755. The second kappa shape index (κ2) is 8.99. The standard InChI is InChI=1S/C14H18BrNO/c15-11-5-2-6-12-16-14(17)10-9-13-7-3-1-4-8-13/h1,3-4,7-10H,2,5-6,11-12H2,(H,16,17)/b10-9+. The van der Waals surface area contributed by atoms with Crippen molar-refractivity contribution in [2.45, 2.75) is 19.3 Å². The van der Waals surface area contributed by atoms with Crippen LogP contribution in [0.2, 0.25) is 0 Å². The van der Waals surface area contributed by atoms with Crippen LogP contribution in [0.1, 0.15) is 24.8 Å². The third-order valence-corrected chi connectivity index (χ3v) is 2.90. The lowest BCUT2D eigenvalue weighted by molar-refractivity contribution is -0.116. The van der Waals surface area contributed by atoms with Crippen molar-refractivity contribution < 1.29 is 4.79 Å². The van der Waals surface area contributed by atoms with Crippen LogP contribution in [0.5, 0.6) is 0 Å². The molecular formula is C14H18BrNO. The molecule has 1 aromatic carbocycles. The van der Waals surface area contributed by atoms with Crippen LogP contribution in [-0.4, -0.2) is 17.8 Å². The summed E-state index contributed by atoms with van der Waals surface area (Å²) < 4.78 is 0. The van der Waals surface area contributed by atoms with E-state index < -0.39 is 0 Å². The molecule has 0 saturated carbocycles. The largest absolute Gasteiger partial charge is 0.353 e. The first kappa shape index (κ1) is 14.0. The normalized spacial score (nSPS) is 10.6. The van der Waals surface area contributed by atoms with Crippen LogP contribution >= 0.6 is 15.9 Å². The highest BCUT2D eigenvalue weighted by atomic mass is 79.9. The van der Waals surface area contributed by atoms with E-state index in [9.17, 15) is 4.79 Å². The van der Waals surface area contributed by atoms with Gasteiger partial charge in [0.25, 0.3) is 0 Å². The zero-order chi connectivity index (χ0) is 12.3. The Kier molecular flexibility index (Phi) is 7.39. The van der Waals surface area contributed by atoms with Gasteiger partial charge in [-0.1, -0.05) is 52.7 Å². The van der Waals surface area contributed by atoms with Crippen molar-refractivity contribution in [2.24, 2.45) is 0 Å². The molecule has 1 aromatic rings. The second-order valence-electron chi connectivity index (χ2n) is 3.78. The lowest BCUT2D eigenvalue weighted by Crippen LogP contribution is -2.21. The molecular weight excluding hydrogens is 278 g/mol. The smallest absolute Gasteiger partial charge is 0.243 e. The molecule has 0 spiro atoms. The Morgan fingerprint density at radius 3 is 2.65 bits per heavy atom. The summed E-state index contributed by atoms with van der Waals surface area (Å²) in [6.07, 6.45) is 6.76. The third-order valence-electron chi connectivity index (χ3n) is 2.34. The Labute approximate surface area is 111 Å². The average Bonchev–Trinajstić information content (AvgIpc) is 2.37. The van der Waals surface area contributed by atoms with Gasteiger partial charge in [0.2, 0.25) is 5.91 Å². The van der Waals surface area contributed by atoms with Gasteiger partial charge in [-0.2, -0.15) is 0 Å². The van der Waals surface area contributed by atoms with Crippen molar-refractivity contribution in [1.82, 2.24) is 5.32 Å². The van der Waals surface area contributed by atoms with Crippen LogP contribution in [0, 0.1) is 0 Å². The fraction of sp³-hybridized carbons (Fsp3) is 0.357. The molecule has 0 aliphatic heterocycles. The van der Waals surface area contributed by atoms with Crippen LogP contribution in [0.4, 0.5) is 0 Å². The lowest BCUT2D eigenvalue weighted by atomic mass is 10.2. The van der Waals surface area contributed by atoms with Gasteiger partial charge in [0.1, 0.15) is 0 Å². The number of nitrogens with one attached hydrogen (secondary N) is 1. The molecule has 2 nitrogen and oxygen atoms in total. The highest BCUT2D eigenvalue weighted by Gasteiger charge is 1.94. The molecule has 1 N–H and O–H groups in total. The summed E-state index contributed by atoms with van der Waals surface area (Å²) in [6, 6.07) is 9.82. The van der Waals surface area contributed by atoms with Gasteiger partial charge in [0, 0.05) is 18.0 Å². The highest BCUT2D eigenvalue weighted by molar-refractivity contribution is 9.09. The van der Waals surface area contributed by atoms with Gasteiger partial charge >= 0.3 is 0 Å². The minimum Gasteiger partial charge on any atom is -0.353 e. The molecule has 0 atom stereocenters. The molecule has 0 fully saturated rings. The number of alkyl halides is 1. The number of unbranched alkanes of at least 4 members (excludes halogenated alkanes) is 2. The molecule has 0 aliphatic rings. The van der Waals surface area contributed by atoms with Crippen molar-refractivity contribution in [2.75, 3.05) is 11.9 Å². The number of hydrogen-bond acceptors (Lipinski definition) is 1. The summed E-state index contributed by atoms with van der Waals surface area (Å²) in [7, 11) is 0. The first-order valence-electron chi connectivity index (χ1n) is 5.90. The van der Waals surface area contributed by atoms with E-state index in [4.69, 9.17) is 0 Å². The van der Waals surface area contributed by atoms with E-state index >= 15 is 0 Å². The maximum absolute atomic E-state index is 11.4. The molecule has 0 aromatic heterocycles. The van der Waals surface area contributed by atoms with Gasteiger partial charge in [-0.05, 0) is 24.5 Å². The van der Waals surface area contributed by atoms with Gasteiger partial charge in [-0.25, -0.2) is 0 Å². The Hall–Kier alpha value is -1.09. The van der Waals surface area contributed by atoms with Crippen molar-refractivity contribution in [3.05, 3.63) is 42.0 Å². The van der Waals surface area contributed by atoms with E-state index in [2.05, 4.69) is 21.2 Å². The number of rotatable bonds is 7. The quantitative estimate of drug-likeness (QED) is 0.466. The van der Waals surface area contributed by atoms with Crippen molar-refractivity contribution in [3.63, 3.8) is 0 Å². The van der Waals surface area contributed by atoms with E-state index in [-0.39, 0.29) is 5.91 Å². The van der Waals surface area contributed by atoms with Crippen molar-refractivity contribution >= 4 is 27.9 Å². The van der Waals surface area contributed by atoms with E-state index in [1.807, 2.05) is 36.4 Å².